The number of anilines is 2. The molecule has 0 unspecified atom stereocenters. The van der Waals surface area contributed by atoms with Gasteiger partial charge in [0.25, 0.3) is 0 Å². The van der Waals surface area contributed by atoms with Crippen LogP contribution in [0.3, 0.4) is 0 Å². The molecule has 0 heterocycles. The van der Waals surface area contributed by atoms with Gasteiger partial charge in [-0.15, -0.1) is 0 Å². The molecular weight excluding hydrogens is 303 g/mol. The minimum atomic E-state index is -1.65. The number of ether oxygens (including phenoxy) is 1. The number of carboxylic acid groups (broad SMARTS) is 1. The molecule has 2 amide bonds. The summed E-state index contributed by atoms with van der Waals surface area (Å²) in [5, 5.41) is 9.26. The second kappa shape index (κ2) is 6.06. The van der Waals surface area contributed by atoms with Crippen molar-refractivity contribution in [3.8, 4) is 0 Å². The maximum absolute atomic E-state index is 14.6. The Kier molecular flexibility index (Phi) is 4.94. The quantitative estimate of drug-likeness (QED) is 0.757. The van der Waals surface area contributed by atoms with Crippen LogP contribution in [0.25, 0.3) is 0 Å². The molecule has 1 rings (SSSR count). The molecule has 0 saturated carbocycles. The third-order valence-electron chi connectivity index (χ3n) is 2.98. The van der Waals surface area contributed by atoms with Crippen molar-refractivity contribution in [3.63, 3.8) is 0 Å². The van der Waals surface area contributed by atoms with Crippen LogP contribution in [-0.4, -0.2) is 22.9 Å². The van der Waals surface area contributed by atoms with E-state index in [-0.39, 0.29) is 10.6 Å². The van der Waals surface area contributed by atoms with Crippen LogP contribution in [0.5, 0.6) is 0 Å². The largest absolute Gasteiger partial charge is 0.464 e. The maximum atomic E-state index is 14.6. The Balaban J connectivity index is 3.38. The van der Waals surface area contributed by atoms with E-state index < -0.39 is 34.7 Å². The van der Waals surface area contributed by atoms with Gasteiger partial charge in [-0.2, -0.15) is 4.90 Å². The molecule has 0 atom stereocenters. The van der Waals surface area contributed by atoms with Crippen LogP contribution in [0.2, 0.25) is 0 Å². The first-order valence-electron chi connectivity index (χ1n) is 7.10. The van der Waals surface area contributed by atoms with E-state index in [0.717, 1.165) is 0 Å². The summed E-state index contributed by atoms with van der Waals surface area (Å²) in [4.78, 5) is 23.7. The van der Waals surface area contributed by atoms with Gasteiger partial charge in [-0.25, -0.2) is 14.0 Å². The van der Waals surface area contributed by atoms with Gasteiger partial charge in [0, 0.05) is 0 Å². The minimum Gasteiger partial charge on any atom is -0.464 e. The van der Waals surface area contributed by atoms with Crippen LogP contribution in [0.1, 0.15) is 47.1 Å². The maximum Gasteiger partial charge on any atom is 0.424 e. The van der Waals surface area contributed by atoms with Crippen LogP contribution < -0.4 is 10.6 Å². The van der Waals surface area contributed by atoms with Crippen LogP contribution in [0.15, 0.2) is 12.1 Å². The second-order valence-electron chi connectivity index (χ2n) is 7.21. The lowest BCUT2D eigenvalue weighted by Crippen LogP contribution is -2.40. The lowest BCUT2D eigenvalue weighted by molar-refractivity contribution is 0.0581. The van der Waals surface area contributed by atoms with Crippen molar-refractivity contribution in [2.45, 2.75) is 52.6 Å². The van der Waals surface area contributed by atoms with E-state index in [1.165, 1.54) is 12.1 Å². The molecule has 1 aromatic carbocycles. The van der Waals surface area contributed by atoms with Gasteiger partial charge < -0.3 is 15.6 Å². The predicted molar refractivity (Wildman–Crippen MR) is 86.3 cm³/mol. The number of amides is 2. The van der Waals surface area contributed by atoms with Crippen LogP contribution >= 0.6 is 0 Å². The van der Waals surface area contributed by atoms with Crippen molar-refractivity contribution in [2.75, 3.05) is 10.6 Å². The van der Waals surface area contributed by atoms with Gasteiger partial charge >= 0.3 is 12.2 Å². The number of nitrogen functional groups attached to an aromatic ring is 1. The first-order valence-corrected chi connectivity index (χ1v) is 7.10. The third kappa shape index (κ3) is 4.34. The van der Waals surface area contributed by atoms with Gasteiger partial charge in [-0.1, -0.05) is 26.8 Å². The van der Waals surface area contributed by atoms with Crippen molar-refractivity contribution in [1.82, 2.24) is 0 Å². The van der Waals surface area contributed by atoms with Crippen LogP contribution in [0.4, 0.5) is 25.4 Å². The predicted octanol–water partition coefficient (Wildman–Crippen LogP) is 4.12. The standard InChI is InChI=1S/C16H23FN2O4/c1-15(2,3)9-7-8-10(11(17)12(9)18)19(13(20)21)14(22)23-16(4,5)6/h7-8H,18H2,1-6H3,(H,20,21). The highest BCUT2D eigenvalue weighted by atomic mass is 19.1. The number of benzene rings is 1. The molecule has 0 aliphatic carbocycles. The Hall–Kier alpha value is -2.31. The zero-order valence-corrected chi connectivity index (χ0v) is 14.2. The Bertz CT molecular complexity index is 630. The summed E-state index contributed by atoms with van der Waals surface area (Å²) >= 11 is 0. The molecule has 0 aliphatic rings. The summed E-state index contributed by atoms with van der Waals surface area (Å²) in [6.07, 6.45) is -2.84. The fraction of sp³-hybridized carbons (Fsp3) is 0.500. The zero-order valence-electron chi connectivity index (χ0n) is 14.2. The van der Waals surface area contributed by atoms with E-state index in [9.17, 15) is 19.1 Å². The summed E-state index contributed by atoms with van der Waals surface area (Å²) in [5.41, 5.74) is 4.31. The van der Waals surface area contributed by atoms with Gasteiger partial charge in [0.1, 0.15) is 5.60 Å². The Morgan fingerprint density at radius 2 is 1.70 bits per heavy atom. The van der Waals surface area contributed by atoms with Gasteiger partial charge in [-0.05, 0) is 37.8 Å². The van der Waals surface area contributed by atoms with Crippen molar-refractivity contribution in [1.29, 1.82) is 0 Å². The molecule has 1 aromatic rings. The third-order valence-corrected chi connectivity index (χ3v) is 2.98. The molecule has 0 aliphatic heterocycles. The SMILES string of the molecule is CC(C)(C)OC(=O)N(C(=O)O)c1ccc(C(C)(C)C)c(N)c1F. The Morgan fingerprint density at radius 1 is 1.17 bits per heavy atom. The highest BCUT2D eigenvalue weighted by Crippen LogP contribution is 2.34. The topological polar surface area (TPSA) is 92.9 Å². The molecule has 128 valence electrons. The van der Waals surface area contributed by atoms with E-state index in [0.29, 0.717) is 5.56 Å². The van der Waals surface area contributed by atoms with Crippen molar-refractivity contribution >= 4 is 23.6 Å². The number of halogens is 1. The average Bonchev–Trinajstić information content (AvgIpc) is 2.30. The average molecular weight is 326 g/mol. The number of carbonyl (C=O) groups excluding carboxylic acids is 1. The molecule has 23 heavy (non-hydrogen) atoms. The number of hydrogen-bond donors (Lipinski definition) is 2. The van der Waals surface area contributed by atoms with E-state index in [4.69, 9.17) is 10.5 Å². The summed E-state index contributed by atoms with van der Waals surface area (Å²) in [6.45, 7) is 10.3. The summed E-state index contributed by atoms with van der Waals surface area (Å²) < 4.78 is 19.6. The number of carbonyl (C=O) groups is 2. The summed E-state index contributed by atoms with van der Waals surface area (Å²) in [5.74, 6) is -0.967. The number of hydrogen-bond acceptors (Lipinski definition) is 4. The molecule has 6 nitrogen and oxygen atoms in total. The molecule has 0 saturated heterocycles. The monoisotopic (exact) mass is 326 g/mol. The van der Waals surface area contributed by atoms with E-state index in [1.807, 2.05) is 20.8 Å². The molecule has 0 spiro atoms. The Labute approximate surface area is 135 Å². The molecule has 0 fully saturated rings. The molecule has 3 N–H and O–H groups in total. The normalized spacial score (nSPS) is 12.0. The first-order chi connectivity index (χ1) is 10.3. The van der Waals surface area contributed by atoms with E-state index in [1.54, 1.807) is 20.8 Å². The highest BCUT2D eigenvalue weighted by molar-refractivity contribution is 6.09. The van der Waals surface area contributed by atoms with Crippen molar-refractivity contribution < 1.29 is 23.8 Å². The lowest BCUT2D eigenvalue weighted by Gasteiger charge is -2.26. The Morgan fingerprint density at radius 3 is 2.09 bits per heavy atom. The number of nitrogens with zero attached hydrogens (tertiary/aromatic N) is 1. The van der Waals surface area contributed by atoms with E-state index in [2.05, 4.69) is 0 Å². The van der Waals surface area contributed by atoms with Gasteiger partial charge in [0.2, 0.25) is 0 Å². The molecule has 0 aromatic heterocycles. The fourth-order valence-electron chi connectivity index (χ4n) is 2.00. The van der Waals surface area contributed by atoms with E-state index >= 15 is 0 Å². The highest BCUT2D eigenvalue weighted by Gasteiger charge is 2.32. The second-order valence-corrected chi connectivity index (χ2v) is 7.21. The lowest BCUT2D eigenvalue weighted by atomic mass is 9.85. The van der Waals surface area contributed by atoms with Crippen LogP contribution in [0, 0.1) is 5.82 Å². The molecular formula is C16H23FN2O4. The number of rotatable bonds is 1. The summed E-state index contributed by atoms with van der Waals surface area (Å²) in [7, 11) is 0. The first kappa shape index (κ1) is 18.7. The minimum absolute atomic E-state index is 0.190. The number of nitrogens with two attached hydrogens (primary N) is 1. The van der Waals surface area contributed by atoms with Gasteiger partial charge in [-0.3, -0.25) is 0 Å². The summed E-state index contributed by atoms with van der Waals surface area (Å²) in [6, 6.07) is 2.72. The van der Waals surface area contributed by atoms with Crippen molar-refractivity contribution in [3.05, 3.63) is 23.5 Å². The van der Waals surface area contributed by atoms with Gasteiger partial charge in [0.15, 0.2) is 5.82 Å². The smallest absolute Gasteiger partial charge is 0.424 e. The molecule has 0 radical (unpaired) electrons. The zero-order chi connectivity index (χ0) is 18.2. The van der Waals surface area contributed by atoms with Crippen molar-refractivity contribution in [2.24, 2.45) is 0 Å². The van der Waals surface area contributed by atoms with Gasteiger partial charge in [0.05, 0.1) is 11.4 Å². The fourth-order valence-corrected chi connectivity index (χ4v) is 2.00. The molecule has 0 bridgehead atoms. The number of imide groups is 1. The molecule has 7 heteroatoms. The van der Waals surface area contributed by atoms with Crippen LogP contribution in [-0.2, 0) is 10.2 Å².